The second kappa shape index (κ2) is 5.99. The fourth-order valence-electron chi connectivity index (χ4n) is 1.67. The molecule has 0 spiro atoms. The van der Waals surface area contributed by atoms with E-state index in [4.69, 9.17) is 4.74 Å². The molecule has 1 N–H and O–H groups in total. The van der Waals surface area contributed by atoms with E-state index in [1.165, 1.54) is 0 Å². The van der Waals surface area contributed by atoms with Crippen molar-refractivity contribution in [3.8, 4) is 5.75 Å². The smallest absolute Gasteiger partial charge is 0.419 e. The predicted octanol–water partition coefficient (Wildman–Crippen LogP) is 3.86. The second-order valence-electron chi connectivity index (χ2n) is 4.19. The Hall–Kier alpha value is -2.31. The number of nitrogens with zero attached hydrogens (tertiary/aromatic N) is 1. The van der Waals surface area contributed by atoms with Gasteiger partial charge in [0.15, 0.2) is 0 Å². The third kappa shape index (κ3) is 3.84. The zero-order valence-corrected chi connectivity index (χ0v) is 11.0. The zero-order chi connectivity index (χ0) is 15.5. The Morgan fingerprint density at radius 2 is 1.95 bits per heavy atom. The molecule has 0 aliphatic carbocycles. The maximum Gasteiger partial charge on any atom is 0.419 e. The minimum atomic E-state index is -4.76. The van der Waals surface area contributed by atoms with Gasteiger partial charge in [0.2, 0.25) is 0 Å². The van der Waals surface area contributed by atoms with Crippen LogP contribution in [0.1, 0.15) is 11.3 Å². The second-order valence-corrected chi connectivity index (χ2v) is 4.19. The Bertz CT molecular complexity index is 629. The van der Waals surface area contributed by atoms with Gasteiger partial charge in [-0.15, -0.1) is 0 Å². The molecule has 0 saturated carbocycles. The molecular formula is C14H12F4N2O. The molecular weight excluding hydrogens is 288 g/mol. The van der Waals surface area contributed by atoms with Gasteiger partial charge in [0, 0.05) is 7.05 Å². The first-order valence-corrected chi connectivity index (χ1v) is 6.03. The minimum Gasteiger partial charge on any atom is -0.487 e. The molecule has 7 heteroatoms. The standard InChI is InChI=1S/C14H12F4N2O/c1-19-13-4-2-3-9(20-13)8-21-10-5-6-12(15)11(7-10)14(16,17)18/h2-7H,8H2,1H3,(H,19,20). The van der Waals surface area contributed by atoms with Crippen LogP contribution in [-0.4, -0.2) is 12.0 Å². The third-order valence-corrected chi connectivity index (χ3v) is 2.69. The fourth-order valence-corrected chi connectivity index (χ4v) is 1.67. The summed E-state index contributed by atoms with van der Waals surface area (Å²) in [4.78, 5) is 4.16. The van der Waals surface area contributed by atoms with Gasteiger partial charge in [0.05, 0.1) is 11.3 Å². The largest absolute Gasteiger partial charge is 0.487 e. The zero-order valence-electron chi connectivity index (χ0n) is 11.0. The van der Waals surface area contributed by atoms with E-state index in [1.54, 1.807) is 25.2 Å². The summed E-state index contributed by atoms with van der Waals surface area (Å²) < 4.78 is 56.1. The molecule has 0 fully saturated rings. The molecule has 21 heavy (non-hydrogen) atoms. The summed E-state index contributed by atoms with van der Waals surface area (Å²) in [6.07, 6.45) is -4.76. The highest BCUT2D eigenvalue weighted by Crippen LogP contribution is 2.33. The van der Waals surface area contributed by atoms with Crippen molar-refractivity contribution in [3.63, 3.8) is 0 Å². The van der Waals surface area contributed by atoms with Crippen LogP contribution in [0, 0.1) is 5.82 Å². The van der Waals surface area contributed by atoms with E-state index in [9.17, 15) is 17.6 Å². The molecule has 0 radical (unpaired) electrons. The Kier molecular flexibility index (Phi) is 4.30. The van der Waals surface area contributed by atoms with E-state index < -0.39 is 17.6 Å². The van der Waals surface area contributed by atoms with Crippen molar-refractivity contribution in [2.45, 2.75) is 12.8 Å². The Morgan fingerprint density at radius 3 is 2.62 bits per heavy atom. The lowest BCUT2D eigenvalue weighted by atomic mass is 10.2. The monoisotopic (exact) mass is 300 g/mol. The van der Waals surface area contributed by atoms with E-state index >= 15 is 0 Å². The molecule has 0 aliphatic rings. The molecule has 0 atom stereocenters. The van der Waals surface area contributed by atoms with Crippen LogP contribution in [-0.2, 0) is 12.8 Å². The molecule has 0 bridgehead atoms. The van der Waals surface area contributed by atoms with E-state index in [1.807, 2.05) is 0 Å². The van der Waals surface area contributed by atoms with Crippen molar-refractivity contribution >= 4 is 5.82 Å². The van der Waals surface area contributed by atoms with Crippen molar-refractivity contribution in [1.82, 2.24) is 4.98 Å². The summed E-state index contributed by atoms with van der Waals surface area (Å²) in [5.74, 6) is -0.781. The van der Waals surface area contributed by atoms with E-state index in [0.717, 1.165) is 12.1 Å². The summed E-state index contributed by atoms with van der Waals surface area (Å²) >= 11 is 0. The molecule has 0 amide bonds. The van der Waals surface area contributed by atoms with Crippen LogP contribution in [0.4, 0.5) is 23.4 Å². The molecule has 1 aromatic heterocycles. The average Bonchev–Trinajstić information content (AvgIpc) is 2.45. The number of aromatic nitrogens is 1. The Labute approximate surface area is 118 Å². The van der Waals surface area contributed by atoms with Crippen LogP contribution in [0.3, 0.4) is 0 Å². The number of nitrogens with one attached hydrogen (secondary N) is 1. The van der Waals surface area contributed by atoms with E-state index in [0.29, 0.717) is 17.6 Å². The maximum absolute atomic E-state index is 13.1. The van der Waals surface area contributed by atoms with Crippen LogP contribution in [0.15, 0.2) is 36.4 Å². The van der Waals surface area contributed by atoms with Crippen molar-refractivity contribution in [3.05, 3.63) is 53.5 Å². The van der Waals surface area contributed by atoms with Gasteiger partial charge in [0.1, 0.15) is 24.0 Å². The number of pyridine rings is 1. The summed E-state index contributed by atoms with van der Waals surface area (Å²) in [6.45, 7) is -0.0154. The first kappa shape index (κ1) is 15.1. The van der Waals surface area contributed by atoms with Gasteiger partial charge < -0.3 is 10.1 Å². The number of rotatable bonds is 4. The number of hydrogen-bond donors (Lipinski definition) is 1. The molecule has 3 nitrogen and oxygen atoms in total. The van der Waals surface area contributed by atoms with Crippen LogP contribution in [0.5, 0.6) is 5.75 Å². The summed E-state index contributed by atoms with van der Waals surface area (Å²) in [6, 6.07) is 7.67. The minimum absolute atomic E-state index is 0.0154. The third-order valence-electron chi connectivity index (χ3n) is 2.69. The maximum atomic E-state index is 13.1. The van der Waals surface area contributed by atoms with Crippen LogP contribution in [0.25, 0.3) is 0 Å². The van der Waals surface area contributed by atoms with Gasteiger partial charge in [-0.2, -0.15) is 13.2 Å². The fraction of sp³-hybridized carbons (Fsp3) is 0.214. The number of alkyl halides is 3. The quantitative estimate of drug-likeness (QED) is 0.871. The summed E-state index contributed by atoms with van der Waals surface area (Å²) in [7, 11) is 1.70. The highest BCUT2D eigenvalue weighted by molar-refractivity contribution is 5.35. The van der Waals surface area contributed by atoms with Gasteiger partial charge in [0.25, 0.3) is 0 Å². The van der Waals surface area contributed by atoms with Crippen LogP contribution >= 0.6 is 0 Å². The summed E-state index contributed by atoms with van der Waals surface area (Å²) in [5, 5.41) is 2.84. The molecule has 1 heterocycles. The van der Waals surface area contributed by atoms with Crippen molar-refractivity contribution < 1.29 is 22.3 Å². The van der Waals surface area contributed by atoms with Gasteiger partial charge in [-0.3, -0.25) is 0 Å². The SMILES string of the molecule is CNc1cccc(COc2ccc(F)c(C(F)(F)F)c2)n1. The van der Waals surface area contributed by atoms with E-state index in [-0.39, 0.29) is 12.4 Å². The lowest BCUT2D eigenvalue weighted by Gasteiger charge is -2.11. The van der Waals surface area contributed by atoms with Crippen molar-refractivity contribution in [1.29, 1.82) is 0 Å². The number of benzene rings is 1. The number of ether oxygens (including phenoxy) is 1. The average molecular weight is 300 g/mol. The molecule has 1 aromatic carbocycles. The lowest BCUT2D eigenvalue weighted by molar-refractivity contribution is -0.140. The molecule has 2 rings (SSSR count). The first-order chi connectivity index (χ1) is 9.90. The molecule has 0 aliphatic heterocycles. The van der Waals surface area contributed by atoms with Crippen molar-refractivity contribution in [2.24, 2.45) is 0 Å². The normalized spacial score (nSPS) is 11.3. The molecule has 0 saturated heterocycles. The topological polar surface area (TPSA) is 34.1 Å². The van der Waals surface area contributed by atoms with Crippen LogP contribution < -0.4 is 10.1 Å². The van der Waals surface area contributed by atoms with Crippen LogP contribution in [0.2, 0.25) is 0 Å². The van der Waals surface area contributed by atoms with Gasteiger partial charge in [-0.1, -0.05) is 6.07 Å². The molecule has 0 unspecified atom stereocenters. The number of anilines is 1. The summed E-state index contributed by atoms with van der Waals surface area (Å²) in [5.41, 5.74) is -0.809. The predicted molar refractivity (Wildman–Crippen MR) is 69.5 cm³/mol. The Morgan fingerprint density at radius 1 is 1.19 bits per heavy atom. The first-order valence-electron chi connectivity index (χ1n) is 6.03. The number of halogens is 4. The van der Waals surface area contributed by atoms with E-state index in [2.05, 4.69) is 10.3 Å². The van der Waals surface area contributed by atoms with Gasteiger partial charge in [-0.25, -0.2) is 9.37 Å². The van der Waals surface area contributed by atoms with Gasteiger partial charge in [-0.05, 0) is 30.3 Å². The van der Waals surface area contributed by atoms with Gasteiger partial charge >= 0.3 is 6.18 Å². The number of hydrogen-bond acceptors (Lipinski definition) is 3. The van der Waals surface area contributed by atoms with Crippen molar-refractivity contribution in [2.75, 3.05) is 12.4 Å². The highest BCUT2D eigenvalue weighted by Gasteiger charge is 2.34. The highest BCUT2D eigenvalue weighted by atomic mass is 19.4. The molecule has 2 aromatic rings. The Balaban J connectivity index is 2.13. The molecule has 112 valence electrons. The lowest BCUT2D eigenvalue weighted by Crippen LogP contribution is -2.08.